The van der Waals surface area contributed by atoms with E-state index >= 15 is 0 Å². The van der Waals surface area contributed by atoms with Gasteiger partial charge in [-0.15, -0.1) is 6.58 Å². The Labute approximate surface area is 74.4 Å². The van der Waals surface area contributed by atoms with Crippen molar-refractivity contribution in [2.24, 2.45) is 0 Å². The summed E-state index contributed by atoms with van der Waals surface area (Å²) in [7, 11) is 0. The van der Waals surface area contributed by atoms with Gasteiger partial charge < -0.3 is 5.11 Å². The van der Waals surface area contributed by atoms with Gasteiger partial charge in [-0.25, -0.2) is 0 Å². The minimum absolute atomic E-state index is 0.319. The Morgan fingerprint density at radius 2 is 2.08 bits per heavy atom. The van der Waals surface area contributed by atoms with Crippen molar-refractivity contribution in [1.82, 2.24) is 0 Å². The molecule has 0 heterocycles. The van der Waals surface area contributed by atoms with Gasteiger partial charge in [0, 0.05) is 0 Å². The zero-order valence-corrected chi connectivity index (χ0v) is 7.75. The minimum atomic E-state index is 0.319. The third kappa shape index (κ3) is 3.81. The zero-order chi connectivity index (χ0) is 9.40. The van der Waals surface area contributed by atoms with Crippen molar-refractivity contribution in [2.45, 2.75) is 20.3 Å². The highest BCUT2D eigenvalue weighted by Crippen LogP contribution is 2.10. The van der Waals surface area contributed by atoms with E-state index in [-0.39, 0.29) is 0 Å². The third-order valence-electron chi connectivity index (χ3n) is 1.29. The Balaban J connectivity index is 0.000000561. The van der Waals surface area contributed by atoms with E-state index in [4.69, 9.17) is 5.11 Å². The third-order valence-corrected chi connectivity index (χ3v) is 1.29. The van der Waals surface area contributed by atoms with Gasteiger partial charge in [-0.05, 0) is 24.1 Å². The second kappa shape index (κ2) is 6.47. The number of phenolic OH excluding ortho intramolecular Hbond substituents is 1. The van der Waals surface area contributed by atoms with Crippen molar-refractivity contribution in [3.63, 3.8) is 0 Å². The van der Waals surface area contributed by atoms with Crippen LogP contribution >= 0.6 is 0 Å². The van der Waals surface area contributed by atoms with Crippen molar-refractivity contribution >= 4 is 0 Å². The monoisotopic (exact) mass is 164 g/mol. The molecule has 66 valence electrons. The summed E-state index contributed by atoms with van der Waals surface area (Å²) in [5, 5.41) is 9.01. The predicted octanol–water partition coefficient (Wildman–Crippen LogP) is 3.15. The van der Waals surface area contributed by atoms with E-state index in [9.17, 15) is 0 Å². The number of rotatable bonds is 2. The van der Waals surface area contributed by atoms with Crippen molar-refractivity contribution in [2.75, 3.05) is 0 Å². The van der Waals surface area contributed by atoms with Gasteiger partial charge in [-0.2, -0.15) is 0 Å². The highest BCUT2D eigenvalue weighted by Gasteiger charge is 1.89. The van der Waals surface area contributed by atoms with Crippen LogP contribution in [-0.2, 0) is 6.42 Å². The number of hydrogen-bond donors (Lipinski definition) is 1. The highest BCUT2D eigenvalue weighted by molar-refractivity contribution is 5.28. The van der Waals surface area contributed by atoms with Crippen LogP contribution in [0.25, 0.3) is 0 Å². The van der Waals surface area contributed by atoms with Crippen molar-refractivity contribution in [1.29, 1.82) is 0 Å². The van der Waals surface area contributed by atoms with Crippen LogP contribution in [0.5, 0.6) is 5.75 Å². The maximum absolute atomic E-state index is 9.01. The summed E-state index contributed by atoms with van der Waals surface area (Å²) in [5.74, 6) is 0.319. The fourth-order valence-electron chi connectivity index (χ4n) is 0.850. The number of allylic oxidation sites excluding steroid dienone is 1. The van der Waals surface area contributed by atoms with E-state index in [2.05, 4.69) is 6.58 Å². The molecule has 12 heavy (non-hydrogen) atoms. The Kier molecular flexibility index (Phi) is 5.80. The molecule has 0 aliphatic carbocycles. The molecule has 0 fully saturated rings. The molecule has 0 aromatic heterocycles. The lowest BCUT2D eigenvalue weighted by Gasteiger charge is -1.95. The summed E-state index contributed by atoms with van der Waals surface area (Å²) in [4.78, 5) is 0. The molecule has 1 heteroatoms. The van der Waals surface area contributed by atoms with Gasteiger partial charge in [0.2, 0.25) is 0 Å². The van der Waals surface area contributed by atoms with Gasteiger partial charge >= 0.3 is 0 Å². The van der Waals surface area contributed by atoms with E-state index in [1.54, 1.807) is 12.1 Å². The molecule has 0 unspecified atom stereocenters. The first-order chi connectivity index (χ1) is 5.83. The standard InChI is InChI=1S/C9H10O.C2H6/c1-2-4-8-5-3-6-9(10)7-8;1-2/h2-3,5-7,10H,1,4H2;1-2H3. The lowest BCUT2D eigenvalue weighted by Crippen LogP contribution is -1.77. The molecule has 1 aromatic rings. The Morgan fingerprint density at radius 3 is 2.58 bits per heavy atom. The highest BCUT2D eigenvalue weighted by atomic mass is 16.3. The van der Waals surface area contributed by atoms with Crippen LogP contribution in [0.4, 0.5) is 0 Å². The molecular weight excluding hydrogens is 148 g/mol. The first kappa shape index (κ1) is 10.8. The Morgan fingerprint density at radius 1 is 1.42 bits per heavy atom. The summed E-state index contributed by atoms with van der Waals surface area (Å²) in [5.41, 5.74) is 1.09. The summed E-state index contributed by atoms with van der Waals surface area (Å²) in [6, 6.07) is 7.18. The largest absolute Gasteiger partial charge is 0.508 e. The van der Waals surface area contributed by atoms with E-state index in [1.165, 1.54) is 0 Å². The summed E-state index contributed by atoms with van der Waals surface area (Å²) < 4.78 is 0. The second-order valence-corrected chi connectivity index (χ2v) is 2.16. The number of benzene rings is 1. The van der Waals surface area contributed by atoms with Gasteiger partial charge in [-0.1, -0.05) is 32.1 Å². The maximum atomic E-state index is 9.01. The second-order valence-electron chi connectivity index (χ2n) is 2.16. The van der Waals surface area contributed by atoms with Crippen LogP contribution in [0.1, 0.15) is 19.4 Å². The lowest BCUT2D eigenvalue weighted by molar-refractivity contribution is 0.474. The molecular formula is C11H16O. The van der Waals surface area contributed by atoms with E-state index < -0.39 is 0 Å². The fraction of sp³-hybridized carbons (Fsp3) is 0.273. The van der Waals surface area contributed by atoms with Gasteiger partial charge in [-0.3, -0.25) is 0 Å². The molecule has 0 aliphatic heterocycles. The summed E-state index contributed by atoms with van der Waals surface area (Å²) in [6.45, 7) is 7.60. The summed E-state index contributed by atoms with van der Waals surface area (Å²) >= 11 is 0. The quantitative estimate of drug-likeness (QED) is 0.666. The maximum Gasteiger partial charge on any atom is 0.115 e. The first-order valence-electron chi connectivity index (χ1n) is 4.22. The molecule has 0 aliphatic rings. The lowest BCUT2D eigenvalue weighted by atomic mass is 10.1. The van der Waals surface area contributed by atoms with Gasteiger partial charge in [0.25, 0.3) is 0 Å². The van der Waals surface area contributed by atoms with Crippen LogP contribution in [0.15, 0.2) is 36.9 Å². The van der Waals surface area contributed by atoms with Gasteiger partial charge in [0.05, 0.1) is 0 Å². The normalized spacial score (nSPS) is 8.17. The molecule has 0 saturated heterocycles. The van der Waals surface area contributed by atoms with Crippen molar-refractivity contribution in [3.8, 4) is 5.75 Å². The molecule has 1 N–H and O–H groups in total. The van der Waals surface area contributed by atoms with Crippen molar-refractivity contribution in [3.05, 3.63) is 42.5 Å². The molecule has 0 saturated carbocycles. The average molecular weight is 164 g/mol. The topological polar surface area (TPSA) is 20.2 Å². The van der Waals surface area contributed by atoms with Gasteiger partial charge in [0.15, 0.2) is 0 Å². The van der Waals surface area contributed by atoms with Crippen LogP contribution in [0.3, 0.4) is 0 Å². The molecule has 0 amide bonds. The Bertz CT molecular complexity index is 228. The minimum Gasteiger partial charge on any atom is -0.508 e. The van der Waals surface area contributed by atoms with E-state index in [0.29, 0.717) is 5.75 Å². The molecule has 0 atom stereocenters. The zero-order valence-electron chi connectivity index (χ0n) is 7.75. The number of phenols is 1. The smallest absolute Gasteiger partial charge is 0.115 e. The fourth-order valence-corrected chi connectivity index (χ4v) is 0.850. The molecule has 1 nitrogen and oxygen atoms in total. The van der Waals surface area contributed by atoms with Gasteiger partial charge in [0.1, 0.15) is 5.75 Å². The predicted molar refractivity (Wildman–Crippen MR) is 53.4 cm³/mol. The molecule has 0 radical (unpaired) electrons. The Hall–Kier alpha value is -1.24. The van der Waals surface area contributed by atoms with Crippen LogP contribution in [0, 0.1) is 0 Å². The SMILES string of the molecule is C=CCc1cccc(O)c1.CC. The molecule has 1 rings (SSSR count). The van der Waals surface area contributed by atoms with Crippen LogP contribution in [0.2, 0.25) is 0 Å². The molecule has 0 spiro atoms. The summed E-state index contributed by atoms with van der Waals surface area (Å²) in [6.07, 6.45) is 2.63. The van der Waals surface area contributed by atoms with E-state index in [0.717, 1.165) is 12.0 Å². The van der Waals surface area contributed by atoms with Crippen LogP contribution in [-0.4, -0.2) is 5.11 Å². The number of hydrogen-bond acceptors (Lipinski definition) is 1. The van der Waals surface area contributed by atoms with Crippen LogP contribution < -0.4 is 0 Å². The molecule has 1 aromatic carbocycles. The average Bonchev–Trinajstić information content (AvgIpc) is 2.09. The van der Waals surface area contributed by atoms with E-state index in [1.807, 2.05) is 32.1 Å². The molecule has 0 bridgehead atoms. The number of aromatic hydroxyl groups is 1. The first-order valence-corrected chi connectivity index (χ1v) is 4.22. The van der Waals surface area contributed by atoms with Crippen molar-refractivity contribution < 1.29 is 5.11 Å².